The van der Waals surface area contributed by atoms with E-state index < -0.39 is 5.97 Å². The Bertz CT molecular complexity index is 501. The third-order valence-electron chi connectivity index (χ3n) is 3.28. The maximum Gasteiger partial charge on any atom is 0.335 e. The number of aromatic carboxylic acids is 1. The van der Waals surface area contributed by atoms with E-state index in [1.165, 1.54) is 18.9 Å². The molecule has 1 aromatic carbocycles. The number of rotatable bonds is 8. The van der Waals surface area contributed by atoms with Gasteiger partial charge >= 0.3 is 12.0 Å². The highest BCUT2D eigenvalue weighted by molar-refractivity contribution is 5.87. The lowest BCUT2D eigenvalue weighted by atomic mass is 10.1. The van der Waals surface area contributed by atoms with Crippen LogP contribution in [0.3, 0.4) is 0 Å². The van der Waals surface area contributed by atoms with Crippen LogP contribution >= 0.6 is 0 Å². The highest BCUT2D eigenvalue weighted by Gasteiger charge is 2.19. The second kappa shape index (κ2) is 7.64. The summed E-state index contributed by atoms with van der Waals surface area (Å²) in [6, 6.07) is 7.00. The predicted molar refractivity (Wildman–Crippen MR) is 79.3 cm³/mol. The average Bonchev–Trinajstić information content (AvgIpc) is 3.29. The van der Waals surface area contributed by atoms with Crippen LogP contribution in [0.5, 0.6) is 0 Å². The lowest BCUT2D eigenvalue weighted by molar-refractivity contribution is 0.0696. The van der Waals surface area contributed by atoms with E-state index in [-0.39, 0.29) is 11.6 Å². The fourth-order valence-corrected chi connectivity index (χ4v) is 1.94. The number of hydrogen-bond donors (Lipinski definition) is 4. The summed E-state index contributed by atoms with van der Waals surface area (Å²) in [4.78, 5) is 22.4. The highest BCUT2D eigenvalue weighted by Crippen LogP contribution is 2.18. The molecule has 1 aliphatic rings. The second-order valence-corrected chi connectivity index (χ2v) is 5.20. The molecule has 1 aromatic rings. The minimum absolute atomic E-state index is 0.223. The molecule has 2 amide bonds. The number of carboxylic acids is 1. The first-order valence-corrected chi connectivity index (χ1v) is 7.22. The van der Waals surface area contributed by atoms with Gasteiger partial charge in [-0.1, -0.05) is 12.1 Å². The van der Waals surface area contributed by atoms with Crippen molar-refractivity contribution in [2.75, 3.05) is 13.1 Å². The maximum absolute atomic E-state index is 11.6. The van der Waals surface area contributed by atoms with E-state index in [4.69, 9.17) is 5.11 Å². The van der Waals surface area contributed by atoms with Crippen LogP contribution < -0.4 is 16.0 Å². The highest BCUT2D eigenvalue weighted by atomic mass is 16.4. The molecule has 0 radical (unpaired) electrons. The molecular weight excluding hydrogens is 270 g/mol. The van der Waals surface area contributed by atoms with Crippen LogP contribution in [0.2, 0.25) is 0 Å². The van der Waals surface area contributed by atoms with Gasteiger partial charge in [-0.3, -0.25) is 0 Å². The fourth-order valence-electron chi connectivity index (χ4n) is 1.94. The van der Waals surface area contributed by atoms with Gasteiger partial charge in [0.05, 0.1) is 5.56 Å². The lowest BCUT2D eigenvalue weighted by Gasteiger charge is -2.08. The van der Waals surface area contributed by atoms with Gasteiger partial charge in [-0.2, -0.15) is 0 Å². The number of nitrogens with one attached hydrogen (secondary N) is 3. The summed E-state index contributed by atoms with van der Waals surface area (Å²) in [6.07, 6.45) is 3.44. The Labute approximate surface area is 123 Å². The van der Waals surface area contributed by atoms with Gasteiger partial charge in [-0.15, -0.1) is 0 Å². The van der Waals surface area contributed by atoms with E-state index in [2.05, 4.69) is 16.0 Å². The van der Waals surface area contributed by atoms with E-state index in [9.17, 15) is 9.59 Å². The monoisotopic (exact) mass is 291 g/mol. The van der Waals surface area contributed by atoms with Gasteiger partial charge in [0.25, 0.3) is 0 Å². The molecule has 6 nitrogen and oxygen atoms in total. The summed E-state index contributed by atoms with van der Waals surface area (Å²) in [5.74, 6) is -0.968. The van der Waals surface area contributed by atoms with Crippen LogP contribution in [0, 0.1) is 0 Å². The Hall–Kier alpha value is -2.08. The summed E-state index contributed by atoms with van der Waals surface area (Å²) in [5, 5.41) is 17.8. The zero-order chi connectivity index (χ0) is 15.1. The number of hydrogen-bond acceptors (Lipinski definition) is 3. The molecular formula is C15H21N3O3. The SMILES string of the molecule is O=C(NCCCNC1CC1)NCc1cccc(C(=O)O)c1. The standard InChI is InChI=1S/C15H21N3O3/c19-14(20)12-4-1-3-11(9-12)10-18-15(21)17-8-2-7-16-13-5-6-13/h1,3-4,9,13,16H,2,5-8,10H2,(H,19,20)(H2,17,18,21). The number of carbonyl (C=O) groups excluding carboxylic acids is 1. The van der Waals surface area contributed by atoms with Gasteiger partial charge in [0, 0.05) is 19.1 Å². The Morgan fingerprint density at radius 3 is 2.71 bits per heavy atom. The number of amides is 2. The third kappa shape index (κ3) is 5.83. The molecule has 0 heterocycles. The van der Waals surface area contributed by atoms with Crippen LogP contribution in [-0.2, 0) is 6.54 Å². The third-order valence-corrected chi connectivity index (χ3v) is 3.28. The minimum Gasteiger partial charge on any atom is -0.478 e. The Kier molecular flexibility index (Phi) is 5.57. The fraction of sp³-hybridized carbons (Fsp3) is 0.467. The van der Waals surface area contributed by atoms with Crippen molar-refractivity contribution < 1.29 is 14.7 Å². The van der Waals surface area contributed by atoms with Crippen molar-refractivity contribution in [3.8, 4) is 0 Å². The van der Waals surface area contributed by atoms with Gasteiger partial charge in [0.1, 0.15) is 0 Å². The smallest absolute Gasteiger partial charge is 0.335 e. The number of benzene rings is 1. The number of urea groups is 1. The first-order valence-electron chi connectivity index (χ1n) is 7.22. The topological polar surface area (TPSA) is 90.5 Å². The molecule has 21 heavy (non-hydrogen) atoms. The van der Waals surface area contributed by atoms with Crippen molar-refractivity contribution in [2.24, 2.45) is 0 Å². The summed E-state index contributed by atoms with van der Waals surface area (Å²) in [7, 11) is 0. The predicted octanol–water partition coefficient (Wildman–Crippen LogP) is 1.33. The van der Waals surface area contributed by atoms with Gasteiger partial charge in [0.15, 0.2) is 0 Å². The van der Waals surface area contributed by atoms with Gasteiger partial charge in [-0.25, -0.2) is 9.59 Å². The normalized spacial score (nSPS) is 13.7. The quantitative estimate of drug-likeness (QED) is 0.544. The van der Waals surface area contributed by atoms with Crippen LogP contribution in [0.25, 0.3) is 0 Å². The molecule has 1 saturated carbocycles. The van der Waals surface area contributed by atoms with Crippen molar-refractivity contribution in [1.29, 1.82) is 0 Å². The van der Waals surface area contributed by atoms with Crippen molar-refractivity contribution in [2.45, 2.75) is 31.8 Å². The number of carboxylic acid groups (broad SMARTS) is 1. The molecule has 1 fully saturated rings. The summed E-state index contributed by atoms with van der Waals surface area (Å²) < 4.78 is 0. The summed E-state index contributed by atoms with van der Waals surface area (Å²) in [6.45, 7) is 1.86. The maximum atomic E-state index is 11.6. The van der Waals surface area contributed by atoms with Gasteiger partial charge < -0.3 is 21.1 Å². The zero-order valence-electron chi connectivity index (χ0n) is 11.9. The molecule has 0 bridgehead atoms. The number of carbonyl (C=O) groups is 2. The van der Waals surface area contributed by atoms with E-state index in [0.717, 1.165) is 18.5 Å². The molecule has 1 aliphatic carbocycles. The van der Waals surface area contributed by atoms with Crippen LogP contribution in [0.15, 0.2) is 24.3 Å². The largest absolute Gasteiger partial charge is 0.478 e. The molecule has 4 N–H and O–H groups in total. The molecule has 0 atom stereocenters. The van der Waals surface area contributed by atoms with Crippen molar-refractivity contribution >= 4 is 12.0 Å². The van der Waals surface area contributed by atoms with Crippen LogP contribution in [0.4, 0.5) is 4.79 Å². The Morgan fingerprint density at radius 2 is 2.00 bits per heavy atom. The first-order chi connectivity index (χ1) is 10.1. The van der Waals surface area contributed by atoms with Gasteiger partial charge in [-0.05, 0) is 43.5 Å². The molecule has 0 spiro atoms. The summed E-state index contributed by atoms with van der Waals surface area (Å²) >= 11 is 0. The van der Waals surface area contributed by atoms with E-state index >= 15 is 0 Å². The second-order valence-electron chi connectivity index (χ2n) is 5.20. The zero-order valence-corrected chi connectivity index (χ0v) is 11.9. The average molecular weight is 291 g/mol. The van der Waals surface area contributed by atoms with E-state index in [1.807, 2.05) is 0 Å². The lowest BCUT2D eigenvalue weighted by Crippen LogP contribution is -2.36. The molecule has 114 valence electrons. The molecule has 2 rings (SSSR count). The molecule has 0 unspecified atom stereocenters. The van der Waals surface area contributed by atoms with Crippen LogP contribution in [0.1, 0.15) is 35.2 Å². The first kappa shape index (κ1) is 15.3. The minimum atomic E-state index is -0.968. The molecule has 0 aromatic heterocycles. The van der Waals surface area contributed by atoms with E-state index in [1.54, 1.807) is 18.2 Å². The van der Waals surface area contributed by atoms with Crippen molar-refractivity contribution in [1.82, 2.24) is 16.0 Å². The van der Waals surface area contributed by atoms with Crippen molar-refractivity contribution in [3.63, 3.8) is 0 Å². The van der Waals surface area contributed by atoms with Crippen LogP contribution in [-0.4, -0.2) is 36.2 Å². The van der Waals surface area contributed by atoms with Gasteiger partial charge in [0.2, 0.25) is 0 Å². The van der Waals surface area contributed by atoms with Crippen molar-refractivity contribution in [3.05, 3.63) is 35.4 Å². The summed E-state index contributed by atoms with van der Waals surface area (Å²) in [5.41, 5.74) is 0.987. The molecule has 6 heteroatoms. The Morgan fingerprint density at radius 1 is 1.19 bits per heavy atom. The Balaban J connectivity index is 1.61. The molecule has 0 aliphatic heterocycles. The van der Waals surface area contributed by atoms with E-state index in [0.29, 0.717) is 19.1 Å². The molecule has 0 saturated heterocycles.